The third kappa shape index (κ3) is 2.44. The van der Waals surface area contributed by atoms with E-state index in [2.05, 4.69) is 24.0 Å². The molecule has 0 fully saturated rings. The average Bonchev–Trinajstić information content (AvgIpc) is 2.38. The van der Waals surface area contributed by atoms with E-state index in [1.54, 1.807) is 6.07 Å². The van der Waals surface area contributed by atoms with Crippen LogP contribution in [0.1, 0.15) is 12.5 Å². The minimum atomic E-state index is 0.693. The van der Waals surface area contributed by atoms with Crippen LogP contribution in [0.4, 0.5) is 17.1 Å². The molecular weight excluding hydrogens is 244 g/mol. The zero-order chi connectivity index (χ0) is 13.1. The summed E-state index contributed by atoms with van der Waals surface area (Å²) >= 11 is 6.34. The quantitative estimate of drug-likeness (QED) is 0.836. The number of benzene rings is 2. The van der Waals surface area contributed by atoms with Crippen molar-refractivity contribution < 1.29 is 0 Å². The molecule has 2 aromatic carbocycles. The van der Waals surface area contributed by atoms with Gasteiger partial charge in [-0.15, -0.1) is 0 Å². The molecule has 0 amide bonds. The van der Waals surface area contributed by atoms with Gasteiger partial charge >= 0.3 is 0 Å². The van der Waals surface area contributed by atoms with E-state index in [-0.39, 0.29) is 0 Å². The van der Waals surface area contributed by atoms with Gasteiger partial charge in [0.15, 0.2) is 0 Å². The Morgan fingerprint density at radius 2 is 1.83 bits per heavy atom. The predicted molar refractivity (Wildman–Crippen MR) is 79.7 cm³/mol. The van der Waals surface area contributed by atoms with Crippen molar-refractivity contribution in [1.29, 1.82) is 0 Å². The third-order valence-corrected chi connectivity index (χ3v) is 3.31. The van der Waals surface area contributed by atoms with Crippen molar-refractivity contribution in [2.75, 3.05) is 17.7 Å². The van der Waals surface area contributed by atoms with Crippen LogP contribution in [0.5, 0.6) is 0 Å². The molecule has 2 N–H and O–H groups in total. The van der Waals surface area contributed by atoms with Crippen molar-refractivity contribution in [2.24, 2.45) is 0 Å². The Bertz CT molecular complexity index is 538. The fourth-order valence-corrected chi connectivity index (χ4v) is 2.48. The predicted octanol–water partition coefficient (Wildman–Crippen LogP) is 4.25. The molecule has 2 aromatic rings. The van der Waals surface area contributed by atoms with Gasteiger partial charge in [0.2, 0.25) is 0 Å². The molecule has 0 radical (unpaired) electrons. The largest absolute Gasteiger partial charge is 0.399 e. The first-order chi connectivity index (χ1) is 8.63. The van der Waals surface area contributed by atoms with Gasteiger partial charge in [0, 0.05) is 18.4 Å². The van der Waals surface area contributed by atoms with Gasteiger partial charge in [-0.25, -0.2) is 0 Å². The van der Waals surface area contributed by atoms with E-state index >= 15 is 0 Å². The van der Waals surface area contributed by atoms with E-state index in [0.29, 0.717) is 10.7 Å². The Labute approximate surface area is 113 Å². The number of nitrogens with two attached hydrogens (primary N) is 1. The van der Waals surface area contributed by atoms with Crippen LogP contribution in [0, 0.1) is 0 Å². The summed E-state index contributed by atoms with van der Waals surface area (Å²) in [6.07, 6.45) is 0.900. The summed E-state index contributed by atoms with van der Waals surface area (Å²) in [5.41, 5.74) is 9.85. The molecule has 2 rings (SSSR count). The van der Waals surface area contributed by atoms with Crippen molar-refractivity contribution in [3.05, 3.63) is 53.1 Å². The SMILES string of the molecule is CCc1cc(N)cc(Cl)c1N(C)c1ccccc1. The summed E-state index contributed by atoms with van der Waals surface area (Å²) < 4.78 is 0. The van der Waals surface area contributed by atoms with Crippen molar-refractivity contribution in [3.8, 4) is 0 Å². The first kappa shape index (κ1) is 12.8. The molecule has 0 bridgehead atoms. The van der Waals surface area contributed by atoms with Gasteiger partial charge in [-0.3, -0.25) is 0 Å². The van der Waals surface area contributed by atoms with Gasteiger partial charge in [-0.05, 0) is 36.2 Å². The molecule has 0 saturated heterocycles. The Morgan fingerprint density at radius 1 is 1.17 bits per heavy atom. The van der Waals surface area contributed by atoms with Gasteiger partial charge < -0.3 is 10.6 Å². The number of rotatable bonds is 3. The van der Waals surface area contributed by atoms with Crippen LogP contribution < -0.4 is 10.6 Å². The van der Waals surface area contributed by atoms with Gasteiger partial charge in [-0.1, -0.05) is 36.7 Å². The summed E-state index contributed by atoms with van der Waals surface area (Å²) in [4.78, 5) is 2.10. The maximum Gasteiger partial charge on any atom is 0.0666 e. The normalized spacial score (nSPS) is 10.4. The van der Waals surface area contributed by atoms with Crippen LogP contribution in [-0.4, -0.2) is 7.05 Å². The standard InChI is InChI=1S/C15H17ClN2/c1-3-11-9-12(17)10-14(16)15(11)18(2)13-7-5-4-6-8-13/h4-10H,3,17H2,1-2H3. The summed E-state index contributed by atoms with van der Waals surface area (Å²) in [6, 6.07) is 13.9. The molecule has 0 aliphatic carbocycles. The van der Waals surface area contributed by atoms with Gasteiger partial charge in [0.05, 0.1) is 10.7 Å². The molecule has 0 aliphatic heterocycles. The lowest BCUT2D eigenvalue weighted by atomic mass is 10.1. The summed E-state index contributed by atoms with van der Waals surface area (Å²) in [6.45, 7) is 2.10. The summed E-state index contributed by atoms with van der Waals surface area (Å²) in [5, 5.41) is 0.693. The molecule has 0 unspecified atom stereocenters. The van der Waals surface area contributed by atoms with Crippen molar-refractivity contribution in [2.45, 2.75) is 13.3 Å². The number of nitrogen functional groups attached to an aromatic ring is 1. The minimum Gasteiger partial charge on any atom is -0.399 e. The first-order valence-electron chi connectivity index (χ1n) is 6.00. The molecule has 0 aliphatic rings. The molecule has 0 heterocycles. The second-order valence-corrected chi connectivity index (χ2v) is 4.67. The number of halogens is 1. The number of anilines is 3. The Morgan fingerprint density at radius 3 is 2.44 bits per heavy atom. The molecule has 0 aromatic heterocycles. The highest BCUT2D eigenvalue weighted by atomic mass is 35.5. The van der Waals surface area contributed by atoms with Crippen molar-refractivity contribution in [3.63, 3.8) is 0 Å². The molecule has 0 saturated carbocycles. The zero-order valence-corrected chi connectivity index (χ0v) is 11.4. The molecule has 2 nitrogen and oxygen atoms in total. The second kappa shape index (κ2) is 5.32. The molecule has 94 valence electrons. The van der Waals surface area contributed by atoms with E-state index in [9.17, 15) is 0 Å². The third-order valence-electron chi connectivity index (χ3n) is 3.02. The van der Waals surface area contributed by atoms with Crippen LogP contribution in [0.2, 0.25) is 5.02 Å². The Kier molecular flexibility index (Phi) is 3.78. The number of hydrogen-bond donors (Lipinski definition) is 1. The van der Waals surface area contributed by atoms with Crippen LogP contribution in [0.15, 0.2) is 42.5 Å². The summed E-state index contributed by atoms with van der Waals surface area (Å²) in [7, 11) is 2.02. The van der Waals surface area contributed by atoms with Crippen molar-refractivity contribution >= 4 is 28.7 Å². The van der Waals surface area contributed by atoms with Gasteiger partial charge in [0.25, 0.3) is 0 Å². The number of hydrogen-bond acceptors (Lipinski definition) is 2. The first-order valence-corrected chi connectivity index (χ1v) is 6.38. The lowest BCUT2D eigenvalue weighted by Crippen LogP contribution is -2.12. The van der Waals surface area contributed by atoms with Crippen LogP contribution in [0.3, 0.4) is 0 Å². The molecule has 0 atom stereocenters. The fraction of sp³-hybridized carbons (Fsp3) is 0.200. The monoisotopic (exact) mass is 260 g/mol. The van der Waals surface area contributed by atoms with E-state index in [1.807, 2.05) is 31.3 Å². The number of para-hydroxylation sites is 1. The van der Waals surface area contributed by atoms with Crippen molar-refractivity contribution in [1.82, 2.24) is 0 Å². The second-order valence-electron chi connectivity index (χ2n) is 4.26. The van der Waals surface area contributed by atoms with E-state index in [0.717, 1.165) is 23.4 Å². The lowest BCUT2D eigenvalue weighted by Gasteiger charge is -2.24. The molecular formula is C15H17ClN2. The van der Waals surface area contributed by atoms with E-state index in [1.165, 1.54) is 0 Å². The van der Waals surface area contributed by atoms with E-state index in [4.69, 9.17) is 17.3 Å². The lowest BCUT2D eigenvalue weighted by molar-refractivity contribution is 1.09. The maximum absolute atomic E-state index is 6.34. The fourth-order valence-electron chi connectivity index (χ4n) is 2.11. The average molecular weight is 261 g/mol. The Hall–Kier alpha value is -1.67. The minimum absolute atomic E-state index is 0.693. The zero-order valence-electron chi connectivity index (χ0n) is 10.7. The summed E-state index contributed by atoms with van der Waals surface area (Å²) in [5.74, 6) is 0. The molecule has 18 heavy (non-hydrogen) atoms. The smallest absolute Gasteiger partial charge is 0.0666 e. The van der Waals surface area contributed by atoms with E-state index < -0.39 is 0 Å². The molecule has 0 spiro atoms. The Balaban J connectivity index is 2.51. The topological polar surface area (TPSA) is 29.3 Å². The van der Waals surface area contributed by atoms with Crippen LogP contribution in [-0.2, 0) is 6.42 Å². The number of aryl methyl sites for hydroxylation is 1. The maximum atomic E-state index is 6.34. The van der Waals surface area contributed by atoms with Gasteiger partial charge in [-0.2, -0.15) is 0 Å². The highest BCUT2D eigenvalue weighted by Gasteiger charge is 2.13. The number of nitrogens with zero attached hydrogens (tertiary/aromatic N) is 1. The van der Waals surface area contributed by atoms with Crippen LogP contribution in [0.25, 0.3) is 0 Å². The highest BCUT2D eigenvalue weighted by Crippen LogP contribution is 2.35. The highest BCUT2D eigenvalue weighted by molar-refractivity contribution is 6.34. The molecule has 3 heteroatoms. The van der Waals surface area contributed by atoms with Gasteiger partial charge in [0.1, 0.15) is 0 Å². The van der Waals surface area contributed by atoms with Crippen LogP contribution >= 0.6 is 11.6 Å².